The van der Waals surface area contributed by atoms with Crippen molar-refractivity contribution >= 4 is 24.7 Å². The average Bonchev–Trinajstić information content (AvgIpc) is 2.54. The molecule has 0 aromatic heterocycles. The van der Waals surface area contributed by atoms with E-state index in [2.05, 4.69) is 107 Å². The van der Waals surface area contributed by atoms with E-state index in [1.54, 1.807) is 0 Å². The molecule has 0 unspecified atom stereocenters. The summed E-state index contributed by atoms with van der Waals surface area (Å²) in [6, 6.07) is 0. The van der Waals surface area contributed by atoms with Crippen molar-refractivity contribution in [2.75, 3.05) is 6.61 Å². The van der Waals surface area contributed by atoms with Gasteiger partial charge in [-0.05, 0) is 41.2 Å². The van der Waals surface area contributed by atoms with Gasteiger partial charge in [0.1, 0.15) is 14.2 Å². The molecule has 31 heavy (non-hydrogen) atoms. The molecule has 3 nitrogen and oxygen atoms in total. The van der Waals surface area contributed by atoms with Crippen molar-refractivity contribution in [3.63, 3.8) is 0 Å². The number of hydrogen-bond acceptors (Lipinski definition) is 3. The first-order chi connectivity index (χ1) is 13.8. The average molecular weight is 487 g/mol. The molecule has 0 saturated heterocycles. The topological polar surface area (TPSA) is 38.7 Å². The molecule has 0 rings (SSSR count). The summed E-state index contributed by atoms with van der Waals surface area (Å²) >= 11 is 0. The lowest BCUT2D eigenvalue weighted by Crippen LogP contribution is -2.51. The fourth-order valence-corrected chi connectivity index (χ4v) is 11.7. The van der Waals surface area contributed by atoms with Gasteiger partial charge in [0.05, 0.1) is 6.10 Å². The van der Waals surface area contributed by atoms with Crippen molar-refractivity contribution < 1.29 is 14.0 Å². The van der Waals surface area contributed by atoms with Crippen molar-refractivity contribution in [2.45, 2.75) is 142 Å². The van der Waals surface area contributed by atoms with Gasteiger partial charge in [-0.25, -0.2) is 0 Å². The number of aliphatic hydroxyl groups excluding tert-OH is 1. The van der Waals surface area contributed by atoms with Crippen LogP contribution in [-0.2, 0) is 8.85 Å². The van der Waals surface area contributed by atoms with Gasteiger partial charge in [0.15, 0.2) is 8.32 Å². The van der Waals surface area contributed by atoms with Crippen molar-refractivity contribution in [1.29, 1.82) is 0 Å². The van der Waals surface area contributed by atoms with Crippen LogP contribution in [0.2, 0.25) is 54.4 Å². The fourth-order valence-electron chi connectivity index (χ4n) is 4.29. The molecule has 0 radical (unpaired) electrons. The third-order valence-corrected chi connectivity index (χ3v) is 18.4. The molecule has 6 heteroatoms. The Labute approximate surface area is 198 Å². The summed E-state index contributed by atoms with van der Waals surface area (Å²) in [5.41, 5.74) is 5.13. The molecule has 0 amide bonds. The second kappa shape index (κ2) is 12.0. The van der Waals surface area contributed by atoms with Crippen LogP contribution in [0.1, 0.15) is 75.2 Å². The van der Waals surface area contributed by atoms with Gasteiger partial charge in [0, 0.05) is 13.0 Å². The first kappa shape index (κ1) is 31.1. The van der Waals surface area contributed by atoms with E-state index in [0.29, 0.717) is 23.0 Å². The zero-order chi connectivity index (χ0) is 24.8. The molecule has 0 saturated carbocycles. The zero-order valence-electron chi connectivity index (χ0n) is 23.3. The van der Waals surface area contributed by atoms with Gasteiger partial charge in [0.2, 0.25) is 8.32 Å². The van der Waals surface area contributed by atoms with Crippen molar-refractivity contribution in [2.24, 2.45) is 0 Å². The molecular formula is C25H54O3Si3. The Kier molecular flexibility index (Phi) is 12.0. The highest BCUT2D eigenvalue weighted by Gasteiger charge is 2.47. The second-order valence-corrected chi connectivity index (χ2v) is 27.6. The van der Waals surface area contributed by atoms with Gasteiger partial charge in [0.25, 0.3) is 0 Å². The largest absolute Gasteiger partial charge is 0.414 e. The second-order valence-electron chi connectivity index (χ2n) is 12.7. The number of rotatable bonds is 11. The van der Waals surface area contributed by atoms with Crippen molar-refractivity contribution in [3.05, 3.63) is 0 Å². The van der Waals surface area contributed by atoms with Crippen LogP contribution in [0.4, 0.5) is 0 Å². The minimum atomic E-state index is -2.07. The van der Waals surface area contributed by atoms with E-state index in [4.69, 9.17) is 8.85 Å². The van der Waals surface area contributed by atoms with Crippen LogP contribution in [0.5, 0.6) is 0 Å². The third-order valence-electron chi connectivity index (χ3n) is 6.86. The van der Waals surface area contributed by atoms with Crippen LogP contribution in [0.25, 0.3) is 0 Å². The minimum absolute atomic E-state index is 0.0231. The molecule has 2 atom stereocenters. The molecule has 0 heterocycles. The van der Waals surface area contributed by atoms with E-state index < -0.39 is 24.7 Å². The summed E-state index contributed by atoms with van der Waals surface area (Å²) in [6.07, 6.45) is 1.23. The Bertz CT molecular complexity index is 568. The Hall–Kier alpha value is 0.0906. The van der Waals surface area contributed by atoms with Crippen LogP contribution >= 0.6 is 0 Å². The summed E-state index contributed by atoms with van der Waals surface area (Å²) in [7, 11) is -5.55. The van der Waals surface area contributed by atoms with Gasteiger partial charge < -0.3 is 14.0 Å². The third kappa shape index (κ3) is 9.46. The van der Waals surface area contributed by atoms with E-state index in [1.165, 1.54) is 0 Å². The molecule has 0 aliphatic rings. The van der Waals surface area contributed by atoms with Crippen LogP contribution in [0.15, 0.2) is 0 Å². The Morgan fingerprint density at radius 2 is 1.26 bits per heavy atom. The van der Waals surface area contributed by atoms with E-state index in [0.717, 1.165) is 6.42 Å². The summed E-state index contributed by atoms with van der Waals surface area (Å²) < 4.78 is 13.9. The van der Waals surface area contributed by atoms with E-state index in [1.807, 2.05) is 0 Å². The van der Waals surface area contributed by atoms with Gasteiger partial charge in [-0.1, -0.05) is 87.9 Å². The van der Waals surface area contributed by atoms with Crippen LogP contribution in [0, 0.1) is 11.5 Å². The first-order valence-corrected chi connectivity index (χ1v) is 20.8. The smallest absolute Gasteiger partial charge is 0.202 e. The van der Waals surface area contributed by atoms with Crippen LogP contribution in [0.3, 0.4) is 0 Å². The number of hydrogen-bond donors (Lipinski definition) is 1. The van der Waals surface area contributed by atoms with Gasteiger partial charge in [-0.3, -0.25) is 0 Å². The predicted molar refractivity (Wildman–Crippen MR) is 145 cm³/mol. The van der Waals surface area contributed by atoms with Gasteiger partial charge in [-0.2, -0.15) is 0 Å². The maximum atomic E-state index is 9.78. The Morgan fingerprint density at radius 3 is 1.58 bits per heavy atom. The summed E-state index contributed by atoms with van der Waals surface area (Å²) in [6.45, 7) is 32.3. The monoisotopic (exact) mass is 486 g/mol. The van der Waals surface area contributed by atoms with E-state index >= 15 is 0 Å². The highest BCUT2D eigenvalue weighted by molar-refractivity contribution is 6.84. The maximum Gasteiger partial charge on any atom is 0.202 e. The quantitative estimate of drug-likeness (QED) is 0.241. The first-order valence-electron chi connectivity index (χ1n) is 12.3. The van der Waals surface area contributed by atoms with Gasteiger partial charge in [-0.15, -0.1) is 5.54 Å². The van der Waals surface area contributed by atoms with Crippen LogP contribution < -0.4 is 0 Å². The normalized spacial score (nSPS) is 15.9. The molecule has 184 valence electrons. The SMILES string of the molecule is CC(C)[Si](O[C@H](C#C[Si](C)(C)C)C[C@H](CCO)O[Si](C)(C)C(C)(C)C)(C(C)C)C(C)C. The molecule has 0 fully saturated rings. The maximum absolute atomic E-state index is 9.78. The zero-order valence-corrected chi connectivity index (χ0v) is 26.3. The fraction of sp³-hybridized carbons (Fsp3) is 0.920. The van der Waals surface area contributed by atoms with E-state index in [-0.39, 0.29) is 23.9 Å². The van der Waals surface area contributed by atoms with Crippen LogP contribution in [-0.4, -0.2) is 48.6 Å². The molecule has 0 aliphatic carbocycles. The van der Waals surface area contributed by atoms with Crippen molar-refractivity contribution in [1.82, 2.24) is 0 Å². The molecular weight excluding hydrogens is 433 g/mol. The van der Waals surface area contributed by atoms with Crippen molar-refractivity contribution in [3.8, 4) is 11.5 Å². The summed E-state index contributed by atoms with van der Waals surface area (Å²) in [5, 5.41) is 9.91. The predicted octanol–water partition coefficient (Wildman–Crippen LogP) is 7.59. The summed E-state index contributed by atoms with van der Waals surface area (Å²) in [4.78, 5) is 0. The minimum Gasteiger partial charge on any atom is -0.414 e. The summed E-state index contributed by atoms with van der Waals surface area (Å²) in [5.74, 6) is 3.57. The number of aliphatic hydroxyl groups is 1. The lowest BCUT2D eigenvalue weighted by Gasteiger charge is -2.45. The lowest BCUT2D eigenvalue weighted by molar-refractivity contribution is 0.0935. The molecule has 0 bridgehead atoms. The van der Waals surface area contributed by atoms with E-state index in [9.17, 15) is 5.11 Å². The molecule has 0 aromatic rings. The lowest BCUT2D eigenvalue weighted by atomic mass is 10.1. The highest BCUT2D eigenvalue weighted by Crippen LogP contribution is 2.44. The standard InChI is InChI=1S/C25H54O3Si3/c1-20(2)31(21(3)4,22(5)6)28-24(16-18-29(10,11)12)19-23(15-17-26)27-30(13,14)25(7,8)9/h20-24,26H,15,17,19H2,1-14H3/t23-,24+/m0/s1. The highest BCUT2D eigenvalue weighted by atomic mass is 28.4. The van der Waals surface area contributed by atoms with Gasteiger partial charge >= 0.3 is 0 Å². The molecule has 0 aliphatic heterocycles. The molecule has 0 spiro atoms. The Morgan fingerprint density at radius 1 is 0.806 bits per heavy atom. The molecule has 0 aromatic carbocycles. The molecule has 1 N–H and O–H groups in total. The Balaban J connectivity index is 6.13.